The highest BCUT2D eigenvalue weighted by molar-refractivity contribution is 5.31. The van der Waals surface area contributed by atoms with Gasteiger partial charge in [0.1, 0.15) is 17.6 Å². The molecule has 2 unspecified atom stereocenters. The molecule has 0 aromatic heterocycles. The summed E-state index contributed by atoms with van der Waals surface area (Å²) >= 11 is 0. The minimum atomic E-state index is -0.102. The van der Waals surface area contributed by atoms with Gasteiger partial charge in [0, 0.05) is 19.1 Å². The number of hydrogen-bond donors (Lipinski definition) is 1. The molecule has 2 atom stereocenters. The Balaban J connectivity index is 1.45. The number of benzene rings is 1. The molecule has 0 spiro atoms. The standard InChI is InChI=1S/C16H23NO3/c1-19-14-5-7-15(8-6-14)20-16-10-17(11-16)12-3-2-4-13(18)9-12/h5-8,12-13,16,18H,2-4,9-11H2,1H3. The average Bonchev–Trinajstić information content (AvgIpc) is 2.43. The summed E-state index contributed by atoms with van der Waals surface area (Å²) in [6.45, 7) is 1.95. The number of hydrogen-bond acceptors (Lipinski definition) is 4. The van der Waals surface area contributed by atoms with Crippen molar-refractivity contribution in [2.75, 3.05) is 20.2 Å². The number of rotatable bonds is 4. The Morgan fingerprint density at radius 1 is 1.10 bits per heavy atom. The maximum atomic E-state index is 9.73. The lowest BCUT2D eigenvalue weighted by atomic mass is 9.90. The van der Waals surface area contributed by atoms with Gasteiger partial charge in [-0.05, 0) is 49.9 Å². The van der Waals surface area contributed by atoms with Crippen molar-refractivity contribution in [3.8, 4) is 11.5 Å². The summed E-state index contributed by atoms with van der Waals surface area (Å²) in [7, 11) is 1.66. The first-order valence-corrected chi connectivity index (χ1v) is 7.47. The van der Waals surface area contributed by atoms with Crippen LogP contribution >= 0.6 is 0 Å². The summed E-state index contributed by atoms with van der Waals surface area (Å²) in [6.07, 6.45) is 4.43. The Morgan fingerprint density at radius 2 is 1.80 bits per heavy atom. The van der Waals surface area contributed by atoms with E-state index >= 15 is 0 Å². The van der Waals surface area contributed by atoms with Crippen LogP contribution in [0.4, 0.5) is 0 Å². The molecule has 0 bridgehead atoms. The molecule has 4 nitrogen and oxygen atoms in total. The molecule has 1 saturated heterocycles. The third-order valence-electron chi connectivity index (χ3n) is 4.37. The molecule has 1 aromatic carbocycles. The normalized spacial score (nSPS) is 27.9. The van der Waals surface area contributed by atoms with Gasteiger partial charge in [0.05, 0.1) is 13.2 Å². The van der Waals surface area contributed by atoms with Crippen molar-refractivity contribution < 1.29 is 14.6 Å². The molecular weight excluding hydrogens is 254 g/mol. The van der Waals surface area contributed by atoms with E-state index in [1.807, 2.05) is 24.3 Å². The minimum absolute atomic E-state index is 0.102. The zero-order chi connectivity index (χ0) is 13.9. The second-order valence-electron chi connectivity index (χ2n) is 5.84. The van der Waals surface area contributed by atoms with Gasteiger partial charge in [-0.3, -0.25) is 4.90 Å². The Kier molecular flexibility index (Phi) is 4.13. The van der Waals surface area contributed by atoms with Crippen molar-refractivity contribution in [1.82, 2.24) is 4.90 Å². The van der Waals surface area contributed by atoms with Crippen LogP contribution < -0.4 is 9.47 Å². The quantitative estimate of drug-likeness (QED) is 0.915. The lowest BCUT2D eigenvalue weighted by Crippen LogP contribution is -2.58. The smallest absolute Gasteiger partial charge is 0.124 e. The largest absolute Gasteiger partial charge is 0.497 e. The van der Waals surface area contributed by atoms with Crippen molar-refractivity contribution in [1.29, 1.82) is 0 Å². The van der Waals surface area contributed by atoms with Crippen LogP contribution in [0.5, 0.6) is 11.5 Å². The van der Waals surface area contributed by atoms with Crippen molar-refractivity contribution >= 4 is 0 Å². The predicted molar refractivity (Wildman–Crippen MR) is 77.2 cm³/mol. The molecule has 2 fully saturated rings. The van der Waals surface area contributed by atoms with Crippen LogP contribution in [0, 0.1) is 0 Å². The molecular formula is C16H23NO3. The highest BCUT2D eigenvalue weighted by Crippen LogP contribution is 2.28. The number of likely N-dealkylation sites (tertiary alicyclic amines) is 1. The summed E-state index contributed by atoms with van der Waals surface area (Å²) in [5.74, 6) is 1.75. The van der Waals surface area contributed by atoms with Gasteiger partial charge in [-0.1, -0.05) is 0 Å². The van der Waals surface area contributed by atoms with E-state index in [0.717, 1.165) is 43.9 Å². The Hall–Kier alpha value is -1.26. The average molecular weight is 277 g/mol. The molecule has 1 aromatic rings. The number of methoxy groups -OCH3 is 1. The Morgan fingerprint density at radius 3 is 2.45 bits per heavy atom. The second-order valence-corrected chi connectivity index (χ2v) is 5.84. The summed E-state index contributed by atoms with van der Waals surface area (Å²) < 4.78 is 11.1. The van der Waals surface area contributed by atoms with Crippen LogP contribution in [0.1, 0.15) is 25.7 Å². The summed E-state index contributed by atoms with van der Waals surface area (Å²) in [6, 6.07) is 8.29. The van der Waals surface area contributed by atoms with Crippen LogP contribution in [-0.2, 0) is 0 Å². The molecule has 110 valence electrons. The van der Waals surface area contributed by atoms with E-state index in [2.05, 4.69) is 4.90 Å². The van der Waals surface area contributed by atoms with Gasteiger partial charge in [-0.2, -0.15) is 0 Å². The number of ether oxygens (including phenoxy) is 2. The number of aliphatic hydroxyl groups excluding tert-OH is 1. The molecule has 0 radical (unpaired) electrons. The highest BCUT2D eigenvalue weighted by Gasteiger charge is 2.35. The first kappa shape index (κ1) is 13.7. The van der Waals surface area contributed by atoms with E-state index in [9.17, 15) is 5.11 Å². The van der Waals surface area contributed by atoms with E-state index in [4.69, 9.17) is 9.47 Å². The van der Waals surface area contributed by atoms with Crippen LogP contribution in [0.3, 0.4) is 0 Å². The maximum Gasteiger partial charge on any atom is 0.124 e. The highest BCUT2D eigenvalue weighted by atomic mass is 16.5. The monoisotopic (exact) mass is 277 g/mol. The fraction of sp³-hybridized carbons (Fsp3) is 0.625. The van der Waals surface area contributed by atoms with Crippen LogP contribution in [-0.4, -0.2) is 48.5 Å². The summed E-state index contributed by atoms with van der Waals surface area (Å²) in [4.78, 5) is 2.44. The third kappa shape index (κ3) is 3.07. The lowest BCUT2D eigenvalue weighted by Gasteiger charge is -2.46. The van der Waals surface area contributed by atoms with Crippen molar-refractivity contribution in [2.24, 2.45) is 0 Å². The summed E-state index contributed by atoms with van der Waals surface area (Å²) in [5, 5.41) is 9.73. The topological polar surface area (TPSA) is 41.9 Å². The number of aliphatic hydroxyl groups is 1. The summed E-state index contributed by atoms with van der Waals surface area (Å²) in [5.41, 5.74) is 0. The Labute approximate surface area is 120 Å². The lowest BCUT2D eigenvalue weighted by molar-refractivity contribution is -0.0363. The first-order chi connectivity index (χ1) is 9.74. The molecule has 2 aliphatic rings. The zero-order valence-corrected chi connectivity index (χ0v) is 12.0. The van der Waals surface area contributed by atoms with Crippen molar-refractivity contribution in [3.63, 3.8) is 0 Å². The fourth-order valence-electron chi connectivity index (χ4n) is 3.16. The molecule has 0 amide bonds. The molecule has 20 heavy (non-hydrogen) atoms. The fourth-order valence-corrected chi connectivity index (χ4v) is 3.16. The molecule has 4 heteroatoms. The van der Waals surface area contributed by atoms with E-state index < -0.39 is 0 Å². The van der Waals surface area contributed by atoms with Gasteiger partial charge >= 0.3 is 0 Å². The van der Waals surface area contributed by atoms with Crippen LogP contribution in [0.25, 0.3) is 0 Å². The second kappa shape index (κ2) is 6.02. The van der Waals surface area contributed by atoms with Crippen LogP contribution in [0.15, 0.2) is 24.3 Å². The third-order valence-corrected chi connectivity index (χ3v) is 4.37. The molecule has 1 aliphatic heterocycles. The SMILES string of the molecule is COc1ccc(OC2CN(C3CCCC(O)C3)C2)cc1. The van der Waals surface area contributed by atoms with E-state index in [1.165, 1.54) is 6.42 Å². The molecule has 1 saturated carbocycles. The van der Waals surface area contributed by atoms with Gasteiger partial charge in [-0.25, -0.2) is 0 Å². The van der Waals surface area contributed by atoms with Gasteiger partial charge < -0.3 is 14.6 Å². The van der Waals surface area contributed by atoms with Crippen molar-refractivity contribution in [2.45, 2.75) is 43.9 Å². The first-order valence-electron chi connectivity index (χ1n) is 7.47. The van der Waals surface area contributed by atoms with E-state index in [0.29, 0.717) is 6.04 Å². The van der Waals surface area contributed by atoms with E-state index in [1.54, 1.807) is 7.11 Å². The molecule has 1 heterocycles. The van der Waals surface area contributed by atoms with Gasteiger partial charge in [0.25, 0.3) is 0 Å². The maximum absolute atomic E-state index is 9.73. The minimum Gasteiger partial charge on any atom is -0.497 e. The van der Waals surface area contributed by atoms with Gasteiger partial charge in [0.15, 0.2) is 0 Å². The Bertz CT molecular complexity index is 428. The van der Waals surface area contributed by atoms with Crippen LogP contribution in [0.2, 0.25) is 0 Å². The molecule has 1 aliphatic carbocycles. The van der Waals surface area contributed by atoms with Gasteiger partial charge in [-0.15, -0.1) is 0 Å². The molecule has 1 N–H and O–H groups in total. The predicted octanol–water partition coefficient (Wildman–Crippen LogP) is 2.06. The molecule has 3 rings (SSSR count). The number of nitrogens with zero attached hydrogens (tertiary/aromatic N) is 1. The van der Waals surface area contributed by atoms with Crippen molar-refractivity contribution in [3.05, 3.63) is 24.3 Å². The van der Waals surface area contributed by atoms with E-state index in [-0.39, 0.29) is 12.2 Å². The van der Waals surface area contributed by atoms with Gasteiger partial charge in [0.2, 0.25) is 0 Å². The zero-order valence-electron chi connectivity index (χ0n) is 12.0.